The lowest BCUT2D eigenvalue weighted by atomic mass is 10.2. The van der Waals surface area contributed by atoms with Gasteiger partial charge in [0.05, 0.1) is 0 Å². The molecule has 0 saturated carbocycles. The van der Waals surface area contributed by atoms with E-state index in [2.05, 4.69) is 58.3 Å². The molecule has 0 aliphatic carbocycles. The smallest absolute Gasteiger partial charge is 0.229 e. The molecule has 2 aromatic rings. The summed E-state index contributed by atoms with van der Waals surface area (Å²) >= 11 is 0. The van der Waals surface area contributed by atoms with Gasteiger partial charge in [0.1, 0.15) is 0 Å². The predicted octanol–water partition coefficient (Wildman–Crippen LogP) is 2.66. The summed E-state index contributed by atoms with van der Waals surface area (Å²) in [5.74, 6) is 0.743. The fraction of sp³-hybridized carbons (Fsp3) is 0.333. The van der Waals surface area contributed by atoms with Crippen LogP contribution in [0.25, 0.3) is 0 Å². The quantitative estimate of drug-likeness (QED) is 0.893. The van der Waals surface area contributed by atoms with Crippen molar-refractivity contribution in [3.05, 3.63) is 47.8 Å². The van der Waals surface area contributed by atoms with Crippen LogP contribution in [0.2, 0.25) is 0 Å². The van der Waals surface area contributed by atoms with Crippen molar-refractivity contribution >= 4 is 11.6 Å². The lowest BCUT2D eigenvalue weighted by Gasteiger charge is -2.21. The van der Waals surface area contributed by atoms with Gasteiger partial charge < -0.3 is 10.2 Å². The number of aryl methyl sites for hydroxylation is 1. The summed E-state index contributed by atoms with van der Waals surface area (Å²) in [5, 5.41) is 3.09. The minimum absolute atomic E-state index is 0.743. The highest BCUT2D eigenvalue weighted by molar-refractivity contribution is 5.57. The molecule has 2 rings (SSSR count). The molecule has 1 heterocycles. The number of anilines is 2. The molecule has 0 amide bonds. The average Bonchev–Trinajstić information content (AvgIpc) is 2.42. The Kier molecular flexibility index (Phi) is 4.47. The summed E-state index contributed by atoms with van der Waals surface area (Å²) in [4.78, 5) is 11.0. The van der Waals surface area contributed by atoms with Gasteiger partial charge in [-0.1, -0.05) is 12.1 Å². The van der Waals surface area contributed by atoms with Gasteiger partial charge in [-0.3, -0.25) is 0 Å². The summed E-state index contributed by atoms with van der Waals surface area (Å²) < 4.78 is 0. The van der Waals surface area contributed by atoms with Crippen LogP contribution in [0.4, 0.5) is 11.6 Å². The lowest BCUT2D eigenvalue weighted by Crippen LogP contribution is -2.19. The molecule has 0 radical (unpaired) electrons. The second kappa shape index (κ2) is 6.29. The molecule has 0 aliphatic rings. The van der Waals surface area contributed by atoms with Gasteiger partial charge in [0, 0.05) is 36.7 Å². The van der Waals surface area contributed by atoms with Crippen molar-refractivity contribution in [2.45, 2.75) is 20.4 Å². The first-order chi connectivity index (χ1) is 9.24. The first kappa shape index (κ1) is 13.5. The maximum absolute atomic E-state index is 4.45. The van der Waals surface area contributed by atoms with E-state index in [4.69, 9.17) is 0 Å². The van der Waals surface area contributed by atoms with Crippen LogP contribution in [0, 0.1) is 6.92 Å². The molecule has 0 bridgehead atoms. The number of hydrogen-bond acceptors (Lipinski definition) is 4. The Bertz CT molecular complexity index is 522. The SMILES string of the molecule is CCN(c1cccc(C)c1)c1ncc(CNC)cn1. The number of rotatable bonds is 5. The molecule has 1 aromatic carbocycles. The highest BCUT2D eigenvalue weighted by atomic mass is 15.2. The zero-order chi connectivity index (χ0) is 13.7. The third kappa shape index (κ3) is 3.29. The van der Waals surface area contributed by atoms with Gasteiger partial charge in [0.15, 0.2) is 0 Å². The largest absolute Gasteiger partial charge is 0.316 e. The predicted molar refractivity (Wildman–Crippen MR) is 78.7 cm³/mol. The van der Waals surface area contributed by atoms with Crippen LogP contribution in [0.5, 0.6) is 0 Å². The monoisotopic (exact) mass is 256 g/mol. The molecule has 0 aliphatic heterocycles. The van der Waals surface area contributed by atoms with Gasteiger partial charge >= 0.3 is 0 Å². The van der Waals surface area contributed by atoms with Crippen LogP contribution < -0.4 is 10.2 Å². The Morgan fingerprint density at radius 3 is 2.53 bits per heavy atom. The average molecular weight is 256 g/mol. The zero-order valence-corrected chi connectivity index (χ0v) is 11.7. The molecule has 19 heavy (non-hydrogen) atoms. The molecular weight excluding hydrogens is 236 g/mol. The van der Waals surface area contributed by atoms with E-state index in [0.29, 0.717) is 0 Å². The Morgan fingerprint density at radius 1 is 1.21 bits per heavy atom. The molecule has 100 valence electrons. The molecule has 4 heteroatoms. The van der Waals surface area contributed by atoms with Crippen LogP contribution in [0.3, 0.4) is 0 Å². The van der Waals surface area contributed by atoms with Gasteiger partial charge in [0.2, 0.25) is 5.95 Å². The standard InChI is InChI=1S/C15H20N4/c1-4-19(14-7-5-6-12(2)8-14)15-17-10-13(9-16-3)11-18-15/h5-8,10-11,16H,4,9H2,1-3H3. The van der Waals surface area contributed by atoms with Crippen molar-refractivity contribution in [1.82, 2.24) is 15.3 Å². The van der Waals surface area contributed by atoms with Crippen LogP contribution in [0.1, 0.15) is 18.1 Å². The van der Waals surface area contributed by atoms with Crippen molar-refractivity contribution in [2.75, 3.05) is 18.5 Å². The summed E-state index contributed by atoms with van der Waals surface area (Å²) in [6.45, 7) is 5.83. The van der Waals surface area contributed by atoms with E-state index >= 15 is 0 Å². The van der Waals surface area contributed by atoms with E-state index in [1.165, 1.54) is 5.56 Å². The molecule has 1 aromatic heterocycles. The minimum atomic E-state index is 0.743. The first-order valence-electron chi connectivity index (χ1n) is 6.54. The molecule has 0 atom stereocenters. The first-order valence-corrected chi connectivity index (χ1v) is 6.54. The summed E-state index contributed by atoms with van der Waals surface area (Å²) in [5.41, 5.74) is 3.46. The summed E-state index contributed by atoms with van der Waals surface area (Å²) in [7, 11) is 1.92. The van der Waals surface area contributed by atoms with E-state index in [1.807, 2.05) is 19.4 Å². The van der Waals surface area contributed by atoms with Gasteiger partial charge in [-0.25, -0.2) is 9.97 Å². The third-order valence-corrected chi connectivity index (χ3v) is 2.94. The molecule has 0 spiro atoms. The Hall–Kier alpha value is -1.94. The molecule has 0 unspecified atom stereocenters. The van der Waals surface area contributed by atoms with Crippen molar-refractivity contribution in [1.29, 1.82) is 0 Å². The molecule has 0 saturated heterocycles. The van der Waals surface area contributed by atoms with Crippen molar-refractivity contribution in [3.63, 3.8) is 0 Å². The maximum Gasteiger partial charge on any atom is 0.229 e. The van der Waals surface area contributed by atoms with E-state index in [1.54, 1.807) is 0 Å². The lowest BCUT2D eigenvalue weighted by molar-refractivity contribution is 0.803. The van der Waals surface area contributed by atoms with Gasteiger partial charge in [-0.15, -0.1) is 0 Å². The highest BCUT2D eigenvalue weighted by Gasteiger charge is 2.09. The van der Waals surface area contributed by atoms with Crippen molar-refractivity contribution < 1.29 is 0 Å². The van der Waals surface area contributed by atoms with Gasteiger partial charge in [-0.05, 0) is 38.6 Å². The van der Waals surface area contributed by atoms with Crippen LogP contribution in [-0.4, -0.2) is 23.6 Å². The Balaban J connectivity index is 2.26. The fourth-order valence-corrected chi connectivity index (χ4v) is 2.02. The topological polar surface area (TPSA) is 41.1 Å². The van der Waals surface area contributed by atoms with Gasteiger partial charge in [0.25, 0.3) is 0 Å². The molecule has 0 fully saturated rings. The Morgan fingerprint density at radius 2 is 1.95 bits per heavy atom. The van der Waals surface area contributed by atoms with E-state index in [-0.39, 0.29) is 0 Å². The van der Waals surface area contributed by atoms with Crippen LogP contribution in [-0.2, 0) is 6.54 Å². The molecule has 4 nitrogen and oxygen atoms in total. The normalized spacial score (nSPS) is 10.5. The van der Waals surface area contributed by atoms with Crippen LogP contribution >= 0.6 is 0 Å². The number of nitrogens with zero attached hydrogens (tertiary/aromatic N) is 3. The second-order valence-electron chi connectivity index (χ2n) is 4.50. The highest BCUT2D eigenvalue weighted by Crippen LogP contribution is 2.22. The number of benzene rings is 1. The summed E-state index contributed by atoms with van der Waals surface area (Å²) in [6, 6.07) is 8.38. The minimum Gasteiger partial charge on any atom is -0.316 e. The fourth-order valence-electron chi connectivity index (χ4n) is 2.02. The maximum atomic E-state index is 4.45. The molecule has 1 N–H and O–H groups in total. The Labute approximate surface area is 114 Å². The number of nitrogens with one attached hydrogen (secondary N) is 1. The van der Waals surface area contributed by atoms with Crippen molar-refractivity contribution in [3.8, 4) is 0 Å². The molecular formula is C15H20N4. The second-order valence-corrected chi connectivity index (χ2v) is 4.50. The zero-order valence-electron chi connectivity index (χ0n) is 11.7. The number of aromatic nitrogens is 2. The van der Waals surface area contributed by atoms with E-state index in [0.717, 1.165) is 30.3 Å². The third-order valence-electron chi connectivity index (χ3n) is 2.94. The van der Waals surface area contributed by atoms with Crippen LogP contribution in [0.15, 0.2) is 36.7 Å². The van der Waals surface area contributed by atoms with Crippen molar-refractivity contribution in [2.24, 2.45) is 0 Å². The van der Waals surface area contributed by atoms with E-state index < -0.39 is 0 Å². The van der Waals surface area contributed by atoms with Gasteiger partial charge in [-0.2, -0.15) is 0 Å². The number of hydrogen-bond donors (Lipinski definition) is 1. The van der Waals surface area contributed by atoms with E-state index in [9.17, 15) is 0 Å². The summed E-state index contributed by atoms with van der Waals surface area (Å²) in [6.07, 6.45) is 3.74.